The van der Waals surface area contributed by atoms with E-state index < -0.39 is 0 Å². The Morgan fingerprint density at radius 2 is 1.63 bits per heavy atom. The summed E-state index contributed by atoms with van der Waals surface area (Å²) in [4.78, 5) is 1.07. The lowest BCUT2D eigenvalue weighted by molar-refractivity contribution is 0.347. The molecule has 5 heteroatoms. The average molecular weight is 279 g/mol. The second-order valence-electron chi connectivity index (χ2n) is 3.94. The van der Waals surface area contributed by atoms with Gasteiger partial charge in [-0.05, 0) is 17.5 Å². The first-order valence-corrected chi connectivity index (χ1v) is 6.68. The van der Waals surface area contributed by atoms with Gasteiger partial charge in [0.25, 0.3) is 0 Å². The van der Waals surface area contributed by atoms with Crippen molar-refractivity contribution in [2.75, 3.05) is 21.3 Å². The van der Waals surface area contributed by atoms with Crippen LogP contribution in [-0.4, -0.2) is 21.3 Å². The molecule has 0 aliphatic rings. The smallest absolute Gasteiger partial charge is 0.164 e. The Labute approximate surface area is 116 Å². The van der Waals surface area contributed by atoms with Crippen molar-refractivity contribution in [3.63, 3.8) is 0 Å². The largest absolute Gasteiger partial charge is 0.496 e. The highest BCUT2D eigenvalue weighted by Gasteiger charge is 2.19. The van der Waals surface area contributed by atoms with Gasteiger partial charge in [-0.25, -0.2) is 0 Å². The molecule has 0 spiro atoms. The molecule has 0 amide bonds. The number of hydrogen-bond donors (Lipinski definition) is 1. The minimum Gasteiger partial charge on any atom is -0.496 e. The molecule has 0 saturated carbocycles. The van der Waals surface area contributed by atoms with Crippen LogP contribution in [-0.2, 0) is 0 Å². The van der Waals surface area contributed by atoms with E-state index in [9.17, 15) is 0 Å². The van der Waals surface area contributed by atoms with Gasteiger partial charge in [-0.2, -0.15) is 0 Å². The molecular weight excluding hydrogens is 262 g/mol. The highest BCUT2D eigenvalue weighted by Crippen LogP contribution is 2.39. The molecule has 2 rings (SSSR count). The zero-order valence-electron chi connectivity index (χ0n) is 11.2. The Hall–Kier alpha value is -1.72. The monoisotopic (exact) mass is 279 g/mol. The summed E-state index contributed by atoms with van der Waals surface area (Å²) in [5.41, 5.74) is 7.16. The van der Waals surface area contributed by atoms with Crippen molar-refractivity contribution in [3.8, 4) is 17.2 Å². The highest BCUT2D eigenvalue weighted by atomic mass is 32.1. The molecular formula is C14H17NO3S. The number of benzene rings is 1. The zero-order valence-corrected chi connectivity index (χ0v) is 12.0. The van der Waals surface area contributed by atoms with Gasteiger partial charge in [0.15, 0.2) is 11.5 Å². The molecule has 1 heterocycles. The predicted molar refractivity (Wildman–Crippen MR) is 76.4 cm³/mol. The van der Waals surface area contributed by atoms with Gasteiger partial charge < -0.3 is 19.9 Å². The topological polar surface area (TPSA) is 53.7 Å². The van der Waals surface area contributed by atoms with Crippen LogP contribution in [0.4, 0.5) is 0 Å². The maximum absolute atomic E-state index is 6.29. The molecule has 0 saturated heterocycles. The van der Waals surface area contributed by atoms with Crippen LogP contribution in [0.5, 0.6) is 17.2 Å². The number of hydrogen-bond acceptors (Lipinski definition) is 5. The minimum atomic E-state index is -0.241. The Kier molecular flexibility index (Phi) is 4.29. The van der Waals surface area contributed by atoms with E-state index in [0.29, 0.717) is 17.2 Å². The summed E-state index contributed by atoms with van der Waals surface area (Å²) in [6, 6.07) is 7.40. The molecule has 0 fully saturated rings. The van der Waals surface area contributed by atoms with Crippen LogP contribution in [0.15, 0.2) is 29.6 Å². The number of ether oxygens (including phenoxy) is 3. The van der Waals surface area contributed by atoms with Gasteiger partial charge in [0.1, 0.15) is 5.75 Å². The first-order chi connectivity index (χ1) is 9.21. The van der Waals surface area contributed by atoms with E-state index >= 15 is 0 Å². The summed E-state index contributed by atoms with van der Waals surface area (Å²) >= 11 is 1.62. The summed E-state index contributed by atoms with van der Waals surface area (Å²) in [6.45, 7) is 0. The standard InChI is InChI=1S/C14H17NO3S/c1-16-10-8-12(18-3)11(17-2)7-9(10)14(15)13-5-4-6-19-13/h4-8,14H,15H2,1-3H3/t14-/m0/s1. The predicted octanol–water partition coefficient (Wildman–Crippen LogP) is 2.82. The van der Waals surface area contributed by atoms with Crippen LogP contribution in [0.1, 0.15) is 16.5 Å². The molecule has 102 valence electrons. The maximum atomic E-state index is 6.29. The van der Waals surface area contributed by atoms with Gasteiger partial charge in [-0.3, -0.25) is 0 Å². The first kappa shape index (κ1) is 13.7. The average Bonchev–Trinajstić information content (AvgIpc) is 2.99. The number of thiophene rings is 1. The van der Waals surface area contributed by atoms with Crippen LogP contribution in [0.2, 0.25) is 0 Å². The van der Waals surface area contributed by atoms with Crippen LogP contribution >= 0.6 is 11.3 Å². The second kappa shape index (κ2) is 5.95. The van der Waals surface area contributed by atoms with Gasteiger partial charge in [0, 0.05) is 16.5 Å². The van der Waals surface area contributed by atoms with Crippen LogP contribution in [0.25, 0.3) is 0 Å². The summed E-state index contributed by atoms with van der Waals surface area (Å²) < 4.78 is 16.0. The van der Waals surface area contributed by atoms with E-state index in [1.54, 1.807) is 38.7 Å². The van der Waals surface area contributed by atoms with Crippen LogP contribution in [0.3, 0.4) is 0 Å². The van der Waals surface area contributed by atoms with Gasteiger partial charge in [-0.1, -0.05) is 6.07 Å². The van der Waals surface area contributed by atoms with Gasteiger partial charge in [0.05, 0.1) is 27.4 Å². The molecule has 2 aromatic rings. The van der Waals surface area contributed by atoms with Gasteiger partial charge in [-0.15, -0.1) is 11.3 Å². The van der Waals surface area contributed by atoms with Crippen molar-refractivity contribution < 1.29 is 14.2 Å². The fourth-order valence-electron chi connectivity index (χ4n) is 1.92. The summed E-state index contributed by atoms with van der Waals surface area (Å²) in [5, 5.41) is 2.00. The second-order valence-corrected chi connectivity index (χ2v) is 4.92. The molecule has 1 aromatic heterocycles. The molecule has 1 atom stereocenters. The van der Waals surface area contributed by atoms with Crippen molar-refractivity contribution in [1.82, 2.24) is 0 Å². The Morgan fingerprint density at radius 3 is 2.16 bits per heavy atom. The molecule has 19 heavy (non-hydrogen) atoms. The zero-order chi connectivity index (χ0) is 13.8. The number of nitrogens with two attached hydrogens (primary N) is 1. The maximum Gasteiger partial charge on any atom is 0.164 e. The van der Waals surface area contributed by atoms with Crippen molar-refractivity contribution in [1.29, 1.82) is 0 Å². The molecule has 0 aliphatic heterocycles. The number of methoxy groups -OCH3 is 3. The Morgan fingerprint density at radius 1 is 1.00 bits per heavy atom. The van der Waals surface area contributed by atoms with Crippen LogP contribution < -0.4 is 19.9 Å². The van der Waals surface area contributed by atoms with Gasteiger partial charge in [0.2, 0.25) is 0 Å². The van der Waals surface area contributed by atoms with Crippen molar-refractivity contribution in [2.24, 2.45) is 5.73 Å². The molecule has 0 radical (unpaired) electrons. The Bertz CT molecular complexity index is 540. The van der Waals surface area contributed by atoms with Crippen LogP contribution in [0, 0.1) is 0 Å². The lowest BCUT2D eigenvalue weighted by atomic mass is 10.0. The SMILES string of the molecule is COc1cc(OC)c([C@H](N)c2cccs2)cc1OC. The van der Waals surface area contributed by atoms with E-state index in [-0.39, 0.29) is 6.04 Å². The van der Waals surface area contributed by atoms with Crippen molar-refractivity contribution in [3.05, 3.63) is 40.1 Å². The van der Waals surface area contributed by atoms with Crippen molar-refractivity contribution >= 4 is 11.3 Å². The summed E-state index contributed by atoms with van der Waals surface area (Å²) in [6.07, 6.45) is 0. The third kappa shape index (κ3) is 2.67. The molecule has 0 unspecified atom stereocenters. The van der Waals surface area contributed by atoms with E-state index in [2.05, 4.69) is 0 Å². The summed E-state index contributed by atoms with van der Waals surface area (Å²) in [5.74, 6) is 1.96. The molecule has 2 N–H and O–H groups in total. The molecule has 0 aliphatic carbocycles. The quantitative estimate of drug-likeness (QED) is 0.914. The van der Waals surface area contributed by atoms with E-state index in [4.69, 9.17) is 19.9 Å². The third-order valence-corrected chi connectivity index (χ3v) is 3.88. The minimum absolute atomic E-state index is 0.241. The third-order valence-electron chi connectivity index (χ3n) is 2.92. The summed E-state index contributed by atoms with van der Waals surface area (Å²) in [7, 11) is 4.81. The lowest BCUT2D eigenvalue weighted by Gasteiger charge is -2.17. The fourth-order valence-corrected chi connectivity index (χ4v) is 2.66. The number of rotatable bonds is 5. The van der Waals surface area contributed by atoms with Gasteiger partial charge >= 0.3 is 0 Å². The normalized spacial score (nSPS) is 12.0. The lowest BCUT2D eigenvalue weighted by Crippen LogP contribution is -2.12. The van der Waals surface area contributed by atoms with E-state index in [0.717, 1.165) is 10.4 Å². The van der Waals surface area contributed by atoms with E-state index in [1.165, 1.54) is 0 Å². The fraction of sp³-hybridized carbons (Fsp3) is 0.286. The van der Waals surface area contributed by atoms with Crippen molar-refractivity contribution in [2.45, 2.75) is 6.04 Å². The highest BCUT2D eigenvalue weighted by molar-refractivity contribution is 7.10. The molecule has 4 nitrogen and oxygen atoms in total. The first-order valence-electron chi connectivity index (χ1n) is 5.80. The molecule has 0 bridgehead atoms. The van der Waals surface area contributed by atoms with E-state index in [1.807, 2.05) is 23.6 Å². The molecule has 1 aromatic carbocycles. The Balaban J connectivity index is 2.49.